The van der Waals surface area contributed by atoms with Gasteiger partial charge in [0.25, 0.3) is 5.56 Å². The maximum absolute atomic E-state index is 12.8. The van der Waals surface area contributed by atoms with Crippen molar-refractivity contribution in [2.75, 3.05) is 0 Å². The first-order valence-electron chi connectivity index (χ1n) is 8.00. The molecule has 3 nitrogen and oxygen atoms in total. The van der Waals surface area contributed by atoms with Gasteiger partial charge in [-0.15, -0.1) is 0 Å². The second kappa shape index (κ2) is 7.41. The Hall–Kier alpha value is -1.87. The molecule has 22 heavy (non-hydrogen) atoms. The zero-order chi connectivity index (χ0) is 16.1. The molecule has 3 heteroatoms. The summed E-state index contributed by atoms with van der Waals surface area (Å²) in [5.74, 6) is 0.425. The van der Waals surface area contributed by atoms with E-state index in [1.54, 1.807) is 0 Å². The smallest absolute Gasteiger partial charge is 0.255 e. The summed E-state index contributed by atoms with van der Waals surface area (Å²) in [6.45, 7) is 9.80. The van der Waals surface area contributed by atoms with E-state index in [1.165, 1.54) is 0 Å². The van der Waals surface area contributed by atoms with E-state index in [2.05, 4.69) is 51.2 Å². The monoisotopic (exact) mass is 298 g/mol. The second-order valence-electron chi connectivity index (χ2n) is 6.46. The maximum Gasteiger partial charge on any atom is 0.255 e. The average molecular weight is 298 g/mol. The van der Waals surface area contributed by atoms with Crippen LogP contribution < -0.4 is 10.9 Å². The molecule has 0 saturated carbocycles. The summed E-state index contributed by atoms with van der Waals surface area (Å²) >= 11 is 0. The van der Waals surface area contributed by atoms with Crippen LogP contribution in [0, 0.1) is 5.92 Å². The predicted octanol–water partition coefficient (Wildman–Crippen LogP) is 3.67. The summed E-state index contributed by atoms with van der Waals surface area (Å²) in [4.78, 5) is 12.8. The molecule has 0 bridgehead atoms. The fourth-order valence-corrected chi connectivity index (χ4v) is 2.48. The lowest BCUT2D eigenvalue weighted by Gasteiger charge is -2.17. The third-order valence-corrected chi connectivity index (χ3v) is 3.57. The molecule has 0 radical (unpaired) electrons. The molecule has 2 rings (SSSR count). The molecule has 0 aliphatic heterocycles. The molecule has 1 aromatic carbocycles. The fourth-order valence-electron chi connectivity index (χ4n) is 2.48. The molecule has 0 aliphatic carbocycles. The number of nitrogens with one attached hydrogen (secondary N) is 1. The lowest BCUT2D eigenvalue weighted by atomic mass is 10.1. The summed E-state index contributed by atoms with van der Waals surface area (Å²) < 4.78 is 1.91. The van der Waals surface area contributed by atoms with Gasteiger partial charge in [0.15, 0.2) is 0 Å². The van der Waals surface area contributed by atoms with Crippen LogP contribution in [-0.2, 0) is 13.1 Å². The van der Waals surface area contributed by atoms with Crippen LogP contribution in [0.25, 0.3) is 11.3 Å². The zero-order valence-corrected chi connectivity index (χ0v) is 14.0. The largest absolute Gasteiger partial charge is 0.310 e. The van der Waals surface area contributed by atoms with Gasteiger partial charge in [0.1, 0.15) is 0 Å². The van der Waals surface area contributed by atoms with Crippen LogP contribution in [0.15, 0.2) is 47.3 Å². The quantitative estimate of drug-likeness (QED) is 0.883. The third-order valence-electron chi connectivity index (χ3n) is 3.57. The van der Waals surface area contributed by atoms with Crippen LogP contribution in [-0.4, -0.2) is 10.6 Å². The molecule has 1 aromatic heterocycles. The minimum atomic E-state index is 0.114. The highest BCUT2D eigenvalue weighted by molar-refractivity contribution is 5.59. The first-order chi connectivity index (χ1) is 10.5. The van der Waals surface area contributed by atoms with Gasteiger partial charge in [-0.2, -0.15) is 0 Å². The molecule has 2 aromatic rings. The summed E-state index contributed by atoms with van der Waals surface area (Å²) in [5, 5.41) is 3.33. The first kappa shape index (κ1) is 16.5. The van der Waals surface area contributed by atoms with Crippen molar-refractivity contribution in [3.63, 3.8) is 0 Å². The zero-order valence-electron chi connectivity index (χ0n) is 14.0. The summed E-state index contributed by atoms with van der Waals surface area (Å²) in [6.07, 6.45) is 0. The van der Waals surface area contributed by atoms with Crippen LogP contribution in [0.5, 0.6) is 0 Å². The molecule has 0 atom stereocenters. The molecule has 0 spiro atoms. The van der Waals surface area contributed by atoms with Gasteiger partial charge in [-0.25, -0.2) is 0 Å². The second-order valence-corrected chi connectivity index (χ2v) is 6.46. The van der Waals surface area contributed by atoms with Crippen LogP contribution in [0.1, 0.15) is 33.3 Å². The molecule has 1 heterocycles. The Kier molecular flexibility index (Phi) is 5.56. The van der Waals surface area contributed by atoms with Crippen LogP contribution >= 0.6 is 0 Å². The minimum absolute atomic E-state index is 0.114. The molecule has 0 amide bonds. The number of benzene rings is 1. The Bertz CT molecular complexity index is 657. The highest BCUT2D eigenvalue weighted by Crippen LogP contribution is 2.19. The third kappa shape index (κ3) is 4.08. The lowest BCUT2D eigenvalue weighted by Crippen LogP contribution is -2.31. The van der Waals surface area contributed by atoms with Gasteiger partial charge in [0.2, 0.25) is 0 Å². The number of hydrogen-bond donors (Lipinski definition) is 1. The van der Waals surface area contributed by atoms with E-state index >= 15 is 0 Å². The molecular weight excluding hydrogens is 272 g/mol. The number of pyridine rings is 1. The van der Waals surface area contributed by atoms with E-state index in [-0.39, 0.29) is 5.56 Å². The summed E-state index contributed by atoms with van der Waals surface area (Å²) in [7, 11) is 0. The Labute approximate surface area is 133 Å². The van der Waals surface area contributed by atoms with Gasteiger partial charge in [-0.3, -0.25) is 4.79 Å². The van der Waals surface area contributed by atoms with Crippen molar-refractivity contribution in [3.05, 3.63) is 58.4 Å². The van der Waals surface area contributed by atoms with E-state index in [9.17, 15) is 4.79 Å². The van der Waals surface area contributed by atoms with Crippen molar-refractivity contribution in [2.45, 2.75) is 46.8 Å². The van der Waals surface area contributed by atoms with Crippen molar-refractivity contribution in [3.8, 4) is 11.3 Å². The highest BCUT2D eigenvalue weighted by Gasteiger charge is 2.11. The minimum Gasteiger partial charge on any atom is -0.310 e. The van der Waals surface area contributed by atoms with Crippen molar-refractivity contribution in [1.82, 2.24) is 9.88 Å². The Morgan fingerprint density at radius 1 is 1.00 bits per heavy atom. The van der Waals surface area contributed by atoms with Crippen LogP contribution in [0.3, 0.4) is 0 Å². The molecule has 0 unspecified atom stereocenters. The Balaban J connectivity index is 2.46. The Morgan fingerprint density at radius 3 is 2.27 bits per heavy atom. The van der Waals surface area contributed by atoms with E-state index in [0.717, 1.165) is 23.4 Å². The normalized spacial score (nSPS) is 11.4. The van der Waals surface area contributed by atoms with Crippen molar-refractivity contribution >= 4 is 0 Å². The van der Waals surface area contributed by atoms with Crippen molar-refractivity contribution in [1.29, 1.82) is 0 Å². The first-order valence-corrected chi connectivity index (χ1v) is 8.00. The molecular formula is C19H26N2O. The van der Waals surface area contributed by atoms with E-state index in [1.807, 2.05) is 28.8 Å². The molecule has 0 fully saturated rings. The number of nitrogens with zero attached hydrogens (tertiary/aromatic N) is 1. The standard InChI is InChI=1S/C19H26N2O/c1-14(2)13-21-18(16-8-6-5-7-9-16)11-10-17(19(21)22)12-20-15(3)4/h5-11,14-15,20H,12-13H2,1-4H3. The molecule has 0 saturated heterocycles. The number of rotatable bonds is 6. The number of hydrogen-bond acceptors (Lipinski definition) is 2. The van der Waals surface area contributed by atoms with Gasteiger partial charge < -0.3 is 9.88 Å². The highest BCUT2D eigenvalue weighted by atomic mass is 16.1. The van der Waals surface area contributed by atoms with Gasteiger partial charge in [-0.05, 0) is 17.5 Å². The van der Waals surface area contributed by atoms with Crippen molar-refractivity contribution in [2.24, 2.45) is 5.92 Å². The molecule has 118 valence electrons. The van der Waals surface area contributed by atoms with E-state index in [0.29, 0.717) is 18.5 Å². The van der Waals surface area contributed by atoms with Gasteiger partial charge in [0, 0.05) is 24.7 Å². The van der Waals surface area contributed by atoms with Gasteiger partial charge in [-0.1, -0.05) is 64.1 Å². The molecule has 1 N–H and O–H groups in total. The van der Waals surface area contributed by atoms with Crippen LogP contribution in [0.4, 0.5) is 0 Å². The SMILES string of the molecule is CC(C)Cn1c(-c2ccccc2)ccc(CNC(C)C)c1=O. The fraction of sp³-hybridized carbons (Fsp3) is 0.421. The average Bonchev–Trinajstić information content (AvgIpc) is 2.48. The topological polar surface area (TPSA) is 34.0 Å². The number of aromatic nitrogens is 1. The Morgan fingerprint density at radius 2 is 1.68 bits per heavy atom. The summed E-state index contributed by atoms with van der Waals surface area (Å²) in [6, 6.07) is 14.5. The lowest BCUT2D eigenvalue weighted by molar-refractivity contribution is 0.508. The molecule has 0 aliphatic rings. The van der Waals surface area contributed by atoms with E-state index < -0.39 is 0 Å². The van der Waals surface area contributed by atoms with Gasteiger partial charge in [0.05, 0.1) is 5.69 Å². The maximum atomic E-state index is 12.8. The van der Waals surface area contributed by atoms with Crippen LogP contribution in [0.2, 0.25) is 0 Å². The summed E-state index contributed by atoms with van der Waals surface area (Å²) in [5.41, 5.74) is 3.02. The predicted molar refractivity (Wildman–Crippen MR) is 93.0 cm³/mol. The van der Waals surface area contributed by atoms with E-state index in [4.69, 9.17) is 0 Å². The van der Waals surface area contributed by atoms with Gasteiger partial charge >= 0.3 is 0 Å². The van der Waals surface area contributed by atoms with Crippen molar-refractivity contribution < 1.29 is 0 Å².